The van der Waals surface area contributed by atoms with Crippen molar-refractivity contribution in [3.8, 4) is 16.9 Å². The van der Waals surface area contributed by atoms with Gasteiger partial charge in [0.05, 0.1) is 5.69 Å². The Bertz CT molecular complexity index is 1020. The first kappa shape index (κ1) is 19.4. The van der Waals surface area contributed by atoms with Gasteiger partial charge in [0.1, 0.15) is 12.4 Å². The van der Waals surface area contributed by atoms with Crippen molar-refractivity contribution in [1.29, 1.82) is 0 Å². The summed E-state index contributed by atoms with van der Waals surface area (Å²) in [4.78, 5) is 12.9. The van der Waals surface area contributed by atoms with Crippen LogP contribution in [0.5, 0.6) is 5.75 Å². The molecule has 4 rings (SSSR count). The Kier molecular flexibility index (Phi) is 5.76. The number of nitrogens with zero attached hydrogens (tertiary/aromatic N) is 2. The zero-order chi connectivity index (χ0) is 20.2. The zero-order valence-corrected chi connectivity index (χ0v) is 16.9. The van der Waals surface area contributed by atoms with Crippen LogP contribution in [0.4, 0.5) is 0 Å². The summed E-state index contributed by atoms with van der Waals surface area (Å²) in [6.07, 6.45) is 2.68. The molecule has 3 aromatic rings. The standard InChI is InChI=1S/C24H26N2O3/c1-17-23(18(2)25-26(24(17)27)22-10-6-7-15-28-22)20-11-13-21(14-12-20)29-16-19-8-4-3-5-9-19/h3-5,8-9,11-14,22H,6-7,10,15-16H2,1-2H3. The van der Waals surface area contributed by atoms with Crippen molar-refractivity contribution < 1.29 is 9.47 Å². The van der Waals surface area contributed by atoms with E-state index in [0.29, 0.717) is 18.8 Å². The predicted octanol–water partition coefficient (Wildman–Crippen LogP) is 4.81. The molecule has 2 heterocycles. The van der Waals surface area contributed by atoms with E-state index < -0.39 is 0 Å². The van der Waals surface area contributed by atoms with Gasteiger partial charge in [0, 0.05) is 17.7 Å². The van der Waals surface area contributed by atoms with Crippen LogP contribution in [0.2, 0.25) is 0 Å². The second-order valence-electron chi connectivity index (χ2n) is 7.46. The van der Waals surface area contributed by atoms with E-state index in [9.17, 15) is 4.79 Å². The monoisotopic (exact) mass is 390 g/mol. The molecule has 1 unspecified atom stereocenters. The topological polar surface area (TPSA) is 53.4 Å². The number of aromatic nitrogens is 2. The van der Waals surface area contributed by atoms with Gasteiger partial charge in [-0.3, -0.25) is 4.79 Å². The molecule has 1 atom stereocenters. The number of hydrogen-bond donors (Lipinski definition) is 0. The van der Waals surface area contributed by atoms with Gasteiger partial charge >= 0.3 is 0 Å². The Balaban J connectivity index is 1.56. The molecular formula is C24H26N2O3. The van der Waals surface area contributed by atoms with Crippen molar-refractivity contribution >= 4 is 0 Å². The molecule has 1 saturated heterocycles. The van der Waals surface area contributed by atoms with Crippen LogP contribution in [-0.2, 0) is 11.3 Å². The molecule has 2 aromatic carbocycles. The lowest BCUT2D eigenvalue weighted by Gasteiger charge is -2.24. The van der Waals surface area contributed by atoms with Crippen LogP contribution in [-0.4, -0.2) is 16.4 Å². The first-order valence-corrected chi connectivity index (χ1v) is 10.1. The van der Waals surface area contributed by atoms with E-state index in [0.717, 1.165) is 47.4 Å². The fourth-order valence-electron chi connectivity index (χ4n) is 3.80. The summed E-state index contributed by atoms with van der Waals surface area (Å²) in [6, 6.07) is 17.9. The highest BCUT2D eigenvalue weighted by Crippen LogP contribution is 2.28. The van der Waals surface area contributed by atoms with Crippen molar-refractivity contribution in [3.63, 3.8) is 0 Å². The van der Waals surface area contributed by atoms with Crippen molar-refractivity contribution in [2.45, 2.75) is 45.9 Å². The van der Waals surface area contributed by atoms with Crippen molar-refractivity contribution in [2.75, 3.05) is 6.61 Å². The van der Waals surface area contributed by atoms with Crippen molar-refractivity contribution in [1.82, 2.24) is 9.78 Å². The van der Waals surface area contributed by atoms with Crippen molar-refractivity contribution in [2.24, 2.45) is 0 Å². The molecule has 5 heteroatoms. The SMILES string of the molecule is Cc1nn(C2CCCCO2)c(=O)c(C)c1-c1ccc(OCc2ccccc2)cc1. The van der Waals surface area contributed by atoms with Crippen LogP contribution in [0.25, 0.3) is 11.1 Å². The Labute approximate surface area is 170 Å². The normalized spacial score (nSPS) is 16.6. The molecule has 0 N–H and O–H groups in total. The van der Waals surface area contributed by atoms with E-state index in [1.165, 1.54) is 4.68 Å². The van der Waals surface area contributed by atoms with Gasteiger partial charge in [-0.15, -0.1) is 0 Å². The van der Waals surface area contributed by atoms with Gasteiger partial charge in [0.2, 0.25) is 0 Å². The summed E-state index contributed by atoms with van der Waals surface area (Å²) < 4.78 is 13.1. The molecule has 0 spiro atoms. The van der Waals surface area contributed by atoms with Crippen LogP contribution in [0.3, 0.4) is 0 Å². The minimum atomic E-state index is -0.253. The largest absolute Gasteiger partial charge is 0.489 e. The smallest absolute Gasteiger partial charge is 0.272 e. The molecule has 1 aliphatic heterocycles. The summed E-state index contributed by atoms with van der Waals surface area (Å²) in [6.45, 7) is 5.02. The molecule has 0 aliphatic carbocycles. The summed E-state index contributed by atoms with van der Waals surface area (Å²) in [5.41, 5.74) is 4.42. The quantitative estimate of drug-likeness (QED) is 0.628. The summed E-state index contributed by atoms with van der Waals surface area (Å²) in [5, 5.41) is 4.58. The van der Waals surface area contributed by atoms with E-state index >= 15 is 0 Å². The fraction of sp³-hybridized carbons (Fsp3) is 0.333. The van der Waals surface area contributed by atoms with Gasteiger partial charge in [-0.25, -0.2) is 4.68 Å². The van der Waals surface area contributed by atoms with E-state index in [2.05, 4.69) is 5.10 Å². The molecule has 0 amide bonds. The minimum Gasteiger partial charge on any atom is -0.489 e. The van der Waals surface area contributed by atoms with Crippen LogP contribution in [0.15, 0.2) is 59.4 Å². The summed E-state index contributed by atoms with van der Waals surface area (Å²) in [7, 11) is 0. The fourth-order valence-corrected chi connectivity index (χ4v) is 3.80. The minimum absolute atomic E-state index is 0.0816. The molecule has 5 nitrogen and oxygen atoms in total. The third kappa shape index (κ3) is 4.25. The molecule has 1 fully saturated rings. The lowest BCUT2D eigenvalue weighted by atomic mass is 10.0. The number of rotatable bonds is 5. The Morgan fingerprint density at radius 2 is 1.83 bits per heavy atom. The Hall–Kier alpha value is -2.92. The van der Waals surface area contributed by atoms with Crippen LogP contribution in [0, 0.1) is 13.8 Å². The van der Waals surface area contributed by atoms with Crippen LogP contribution < -0.4 is 10.3 Å². The van der Waals surface area contributed by atoms with Gasteiger partial charge in [-0.2, -0.15) is 5.10 Å². The zero-order valence-electron chi connectivity index (χ0n) is 16.9. The third-order valence-electron chi connectivity index (χ3n) is 5.34. The van der Waals surface area contributed by atoms with Crippen LogP contribution in [0.1, 0.15) is 42.3 Å². The maximum Gasteiger partial charge on any atom is 0.272 e. The van der Waals surface area contributed by atoms with E-state index in [1.54, 1.807) is 0 Å². The van der Waals surface area contributed by atoms with Gasteiger partial charge in [0.25, 0.3) is 5.56 Å². The molecule has 1 aliphatic rings. The molecule has 1 aromatic heterocycles. The number of benzene rings is 2. The molecule has 0 bridgehead atoms. The molecule has 0 radical (unpaired) electrons. The van der Waals surface area contributed by atoms with Crippen molar-refractivity contribution in [3.05, 3.63) is 81.8 Å². The lowest BCUT2D eigenvalue weighted by molar-refractivity contribution is -0.0428. The highest BCUT2D eigenvalue weighted by Gasteiger charge is 2.21. The van der Waals surface area contributed by atoms with E-state index in [1.807, 2.05) is 68.4 Å². The van der Waals surface area contributed by atoms with Crippen LogP contribution >= 0.6 is 0 Å². The first-order chi connectivity index (χ1) is 14.1. The average Bonchev–Trinajstić information content (AvgIpc) is 2.77. The number of hydrogen-bond acceptors (Lipinski definition) is 4. The predicted molar refractivity (Wildman–Crippen MR) is 113 cm³/mol. The molecular weight excluding hydrogens is 364 g/mol. The second-order valence-corrected chi connectivity index (χ2v) is 7.46. The van der Waals surface area contributed by atoms with Gasteiger partial charge < -0.3 is 9.47 Å². The molecule has 0 saturated carbocycles. The summed E-state index contributed by atoms with van der Waals surface area (Å²) >= 11 is 0. The molecule has 150 valence electrons. The Morgan fingerprint density at radius 1 is 1.07 bits per heavy atom. The first-order valence-electron chi connectivity index (χ1n) is 10.1. The highest BCUT2D eigenvalue weighted by atomic mass is 16.5. The Morgan fingerprint density at radius 3 is 2.52 bits per heavy atom. The lowest BCUT2D eigenvalue weighted by Crippen LogP contribution is -2.33. The van der Waals surface area contributed by atoms with Gasteiger partial charge in [-0.1, -0.05) is 42.5 Å². The third-order valence-corrected chi connectivity index (χ3v) is 5.34. The molecule has 29 heavy (non-hydrogen) atoms. The van der Waals surface area contributed by atoms with E-state index in [-0.39, 0.29) is 11.8 Å². The number of aryl methyl sites for hydroxylation is 1. The maximum absolute atomic E-state index is 12.9. The van der Waals surface area contributed by atoms with E-state index in [4.69, 9.17) is 9.47 Å². The second kappa shape index (κ2) is 8.62. The number of ether oxygens (including phenoxy) is 2. The van der Waals surface area contributed by atoms with Gasteiger partial charge in [0.15, 0.2) is 6.23 Å². The average molecular weight is 390 g/mol. The highest BCUT2D eigenvalue weighted by molar-refractivity contribution is 5.69. The summed E-state index contributed by atoms with van der Waals surface area (Å²) in [5.74, 6) is 0.796. The maximum atomic E-state index is 12.9. The van der Waals surface area contributed by atoms with Gasteiger partial charge in [-0.05, 0) is 56.4 Å².